The number of hydrogen-bond donors (Lipinski definition) is 3. The van der Waals surface area contributed by atoms with Crippen molar-refractivity contribution in [3.8, 4) is 0 Å². The van der Waals surface area contributed by atoms with Gasteiger partial charge in [-0.15, -0.1) is 11.3 Å². The monoisotopic (exact) mass is 377 g/mol. The molecule has 0 aliphatic carbocycles. The van der Waals surface area contributed by atoms with Gasteiger partial charge in [-0.05, 0) is 39.4 Å². The molecule has 4 N–H and O–H groups in total. The Morgan fingerprint density at radius 1 is 1.52 bits per heavy atom. The molecule has 0 spiro atoms. The molecule has 0 aliphatic rings. The maximum Gasteiger partial charge on any atom is 0.326 e. The zero-order chi connectivity index (χ0) is 16.0. The van der Waals surface area contributed by atoms with Crippen molar-refractivity contribution in [3.05, 3.63) is 20.8 Å². The zero-order valence-corrected chi connectivity index (χ0v) is 13.7. The van der Waals surface area contributed by atoms with Gasteiger partial charge in [0.25, 0.3) is 0 Å². The number of primary amides is 1. The largest absolute Gasteiger partial charge is 0.480 e. The highest BCUT2D eigenvalue weighted by atomic mass is 79.9. The van der Waals surface area contributed by atoms with Crippen molar-refractivity contribution in [2.75, 3.05) is 7.05 Å². The first-order valence-electron chi connectivity index (χ1n) is 6.05. The highest BCUT2D eigenvalue weighted by Gasteiger charge is 2.22. The summed E-state index contributed by atoms with van der Waals surface area (Å²) in [4.78, 5) is 35.0. The number of thiophene rings is 1. The summed E-state index contributed by atoms with van der Waals surface area (Å²) >= 11 is 4.83. The third-order valence-electron chi connectivity index (χ3n) is 2.66. The molecule has 3 amide bonds. The quantitative estimate of drug-likeness (QED) is 0.665. The number of aliphatic carboxylic acids is 1. The number of nitrogens with zero attached hydrogens (tertiary/aromatic N) is 1. The molecular formula is C12H16BrN3O4S. The second-order valence-electron chi connectivity index (χ2n) is 4.46. The van der Waals surface area contributed by atoms with Crippen LogP contribution in [0, 0.1) is 0 Å². The number of nitrogens with one attached hydrogen (secondary N) is 1. The molecule has 116 valence electrons. The Labute approximate surface area is 134 Å². The third-order valence-corrected chi connectivity index (χ3v) is 4.22. The van der Waals surface area contributed by atoms with E-state index in [-0.39, 0.29) is 12.8 Å². The van der Waals surface area contributed by atoms with Crippen LogP contribution in [0.1, 0.15) is 18.4 Å². The Bertz CT molecular complexity index is 534. The molecule has 7 nitrogen and oxygen atoms in total. The molecule has 1 aromatic rings. The summed E-state index contributed by atoms with van der Waals surface area (Å²) in [6, 6.07) is 0.229. The van der Waals surface area contributed by atoms with E-state index in [1.165, 1.54) is 16.2 Å². The molecular weight excluding hydrogens is 362 g/mol. The van der Waals surface area contributed by atoms with E-state index < -0.39 is 23.9 Å². The van der Waals surface area contributed by atoms with Crippen LogP contribution in [0.5, 0.6) is 0 Å². The third kappa shape index (κ3) is 6.13. The predicted octanol–water partition coefficient (Wildman–Crippen LogP) is 1.37. The highest BCUT2D eigenvalue weighted by molar-refractivity contribution is 9.11. The molecule has 0 bridgehead atoms. The molecule has 0 radical (unpaired) electrons. The second-order valence-corrected chi connectivity index (χ2v) is 6.75. The maximum absolute atomic E-state index is 11.9. The first-order chi connectivity index (χ1) is 9.79. The van der Waals surface area contributed by atoms with Crippen LogP contribution in [0.2, 0.25) is 0 Å². The summed E-state index contributed by atoms with van der Waals surface area (Å²) in [6.07, 6.45) is -0.132. The lowest BCUT2D eigenvalue weighted by Gasteiger charge is -2.20. The summed E-state index contributed by atoms with van der Waals surface area (Å²) in [5, 5.41) is 13.3. The Morgan fingerprint density at radius 2 is 2.19 bits per heavy atom. The van der Waals surface area contributed by atoms with Gasteiger partial charge in [0, 0.05) is 20.0 Å². The smallest absolute Gasteiger partial charge is 0.326 e. The lowest BCUT2D eigenvalue weighted by Crippen LogP contribution is -2.46. The van der Waals surface area contributed by atoms with Crippen molar-refractivity contribution < 1.29 is 19.5 Å². The summed E-state index contributed by atoms with van der Waals surface area (Å²) < 4.78 is 0.955. The number of carbonyl (C=O) groups is 3. The van der Waals surface area contributed by atoms with Crippen LogP contribution in [0.25, 0.3) is 0 Å². The van der Waals surface area contributed by atoms with Crippen molar-refractivity contribution in [3.63, 3.8) is 0 Å². The van der Waals surface area contributed by atoms with E-state index in [1.807, 2.05) is 11.4 Å². The van der Waals surface area contributed by atoms with Crippen molar-refractivity contribution in [1.29, 1.82) is 0 Å². The minimum atomic E-state index is -1.20. The molecule has 1 heterocycles. The number of halogens is 1. The van der Waals surface area contributed by atoms with Gasteiger partial charge in [0.05, 0.1) is 3.79 Å². The molecule has 0 aliphatic heterocycles. The van der Waals surface area contributed by atoms with Crippen LogP contribution in [-0.2, 0) is 16.1 Å². The first-order valence-corrected chi connectivity index (χ1v) is 7.72. The Hall–Kier alpha value is -1.61. The van der Waals surface area contributed by atoms with Gasteiger partial charge in [-0.3, -0.25) is 4.79 Å². The fourth-order valence-electron chi connectivity index (χ4n) is 1.58. The molecule has 21 heavy (non-hydrogen) atoms. The molecule has 0 saturated carbocycles. The van der Waals surface area contributed by atoms with Crippen molar-refractivity contribution in [1.82, 2.24) is 10.2 Å². The molecule has 1 aromatic heterocycles. The number of carbonyl (C=O) groups excluding carboxylic acids is 2. The van der Waals surface area contributed by atoms with Gasteiger partial charge in [-0.25, -0.2) is 9.59 Å². The van der Waals surface area contributed by atoms with E-state index in [0.29, 0.717) is 6.54 Å². The van der Waals surface area contributed by atoms with Gasteiger partial charge in [-0.1, -0.05) is 0 Å². The first kappa shape index (κ1) is 17.4. The molecule has 0 unspecified atom stereocenters. The highest BCUT2D eigenvalue weighted by Crippen LogP contribution is 2.21. The van der Waals surface area contributed by atoms with Crippen LogP contribution < -0.4 is 11.1 Å². The standard InChI is InChI=1S/C12H16BrN3O4S/c1-16(5-7-4-9(13)21-6-7)12(20)15-8(11(18)19)2-3-10(14)17/h4,6,8H,2-3,5H2,1H3,(H2,14,17)(H,15,20)(H,18,19)/t8-/m1/s1. The molecule has 0 aromatic carbocycles. The molecule has 0 fully saturated rings. The van der Waals surface area contributed by atoms with Gasteiger partial charge in [0.15, 0.2) is 0 Å². The number of carboxylic acid groups (broad SMARTS) is 1. The van der Waals surface area contributed by atoms with Crippen molar-refractivity contribution >= 4 is 45.2 Å². The average Bonchev–Trinajstić information content (AvgIpc) is 2.78. The SMILES string of the molecule is CN(Cc1csc(Br)c1)C(=O)N[C@H](CCC(N)=O)C(=O)O. The lowest BCUT2D eigenvalue weighted by molar-refractivity contribution is -0.139. The summed E-state index contributed by atoms with van der Waals surface area (Å²) in [7, 11) is 1.56. The van der Waals surface area contributed by atoms with Crippen molar-refractivity contribution in [2.45, 2.75) is 25.4 Å². The van der Waals surface area contributed by atoms with Crippen LogP contribution in [0.4, 0.5) is 4.79 Å². The Kier molecular flexibility index (Phi) is 6.63. The van der Waals surface area contributed by atoms with Crippen molar-refractivity contribution in [2.24, 2.45) is 5.73 Å². The molecule has 1 atom stereocenters. The maximum atomic E-state index is 11.9. The van der Waals surface area contributed by atoms with Crippen LogP contribution >= 0.6 is 27.3 Å². The van der Waals surface area contributed by atoms with Gasteiger partial charge in [-0.2, -0.15) is 0 Å². The van der Waals surface area contributed by atoms with E-state index in [2.05, 4.69) is 21.2 Å². The van der Waals surface area contributed by atoms with Gasteiger partial charge in [0.2, 0.25) is 5.91 Å². The van der Waals surface area contributed by atoms with Crippen LogP contribution in [0.3, 0.4) is 0 Å². The van der Waals surface area contributed by atoms with E-state index in [4.69, 9.17) is 10.8 Å². The summed E-state index contributed by atoms with van der Waals surface area (Å²) in [5.74, 6) is -1.80. The number of carboxylic acids is 1. The topological polar surface area (TPSA) is 113 Å². The molecule has 9 heteroatoms. The van der Waals surface area contributed by atoms with Gasteiger partial charge in [0.1, 0.15) is 6.04 Å². The minimum absolute atomic E-state index is 0.0335. The van der Waals surface area contributed by atoms with E-state index in [0.717, 1.165) is 9.35 Å². The summed E-state index contributed by atoms with van der Waals surface area (Å²) in [5.41, 5.74) is 5.92. The van der Waals surface area contributed by atoms with E-state index in [9.17, 15) is 14.4 Å². The zero-order valence-electron chi connectivity index (χ0n) is 11.3. The van der Waals surface area contributed by atoms with Gasteiger partial charge >= 0.3 is 12.0 Å². The molecule has 0 saturated heterocycles. The minimum Gasteiger partial charge on any atom is -0.480 e. The van der Waals surface area contributed by atoms with E-state index in [1.54, 1.807) is 7.05 Å². The van der Waals surface area contributed by atoms with E-state index >= 15 is 0 Å². The number of rotatable bonds is 7. The predicted molar refractivity (Wildman–Crippen MR) is 81.9 cm³/mol. The number of urea groups is 1. The Morgan fingerprint density at radius 3 is 2.67 bits per heavy atom. The fraction of sp³-hybridized carbons (Fsp3) is 0.417. The molecule has 1 rings (SSSR count). The normalized spacial score (nSPS) is 11.7. The number of amides is 3. The fourth-order valence-corrected chi connectivity index (χ4v) is 2.78. The average molecular weight is 378 g/mol. The number of hydrogen-bond acceptors (Lipinski definition) is 4. The second kappa shape index (κ2) is 7.99. The van der Waals surface area contributed by atoms with Crippen LogP contribution in [-0.4, -0.2) is 41.0 Å². The van der Waals surface area contributed by atoms with Crippen LogP contribution in [0.15, 0.2) is 15.2 Å². The van der Waals surface area contributed by atoms with Gasteiger partial charge < -0.3 is 21.1 Å². The Balaban J connectivity index is 2.55. The lowest BCUT2D eigenvalue weighted by atomic mass is 10.1. The summed E-state index contributed by atoms with van der Waals surface area (Å²) in [6.45, 7) is 0.357. The number of nitrogens with two attached hydrogens (primary N) is 1.